The van der Waals surface area contributed by atoms with Crippen molar-refractivity contribution in [3.63, 3.8) is 0 Å². The molecule has 21 heavy (non-hydrogen) atoms. The molecule has 112 valence electrons. The fraction of sp³-hybridized carbons (Fsp3) is 0.333. The normalized spacial score (nSPS) is 12.3. The van der Waals surface area contributed by atoms with E-state index < -0.39 is 0 Å². The number of para-hydroxylation sites is 1. The van der Waals surface area contributed by atoms with Crippen LogP contribution in [0.2, 0.25) is 0 Å². The molecule has 2 aromatic carbocycles. The third kappa shape index (κ3) is 3.19. The van der Waals surface area contributed by atoms with E-state index in [1.54, 1.807) is 14.2 Å². The molecule has 0 saturated carbocycles. The van der Waals surface area contributed by atoms with Gasteiger partial charge in [0.2, 0.25) is 0 Å². The van der Waals surface area contributed by atoms with Crippen LogP contribution in [0.15, 0.2) is 42.5 Å². The largest absolute Gasteiger partial charge is 0.493 e. The SMILES string of the molecule is COc1cccc(C(N)c2ccc(C(C)C)cc2)c1OC. The smallest absolute Gasteiger partial charge is 0.165 e. The molecule has 0 fully saturated rings. The quantitative estimate of drug-likeness (QED) is 0.906. The van der Waals surface area contributed by atoms with Crippen molar-refractivity contribution in [2.45, 2.75) is 25.8 Å². The molecule has 0 spiro atoms. The molecule has 3 nitrogen and oxygen atoms in total. The van der Waals surface area contributed by atoms with Crippen molar-refractivity contribution in [2.75, 3.05) is 14.2 Å². The van der Waals surface area contributed by atoms with Crippen LogP contribution in [0.1, 0.15) is 42.5 Å². The van der Waals surface area contributed by atoms with Gasteiger partial charge in [-0.2, -0.15) is 0 Å². The fourth-order valence-electron chi connectivity index (χ4n) is 2.42. The number of hydrogen-bond donors (Lipinski definition) is 1. The summed E-state index contributed by atoms with van der Waals surface area (Å²) in [6.45, 7) is 4.36. The van der Waals surface area contributed by atoms with Gasteiger partial charge in [0.05, 0.1) is 20.3 Å². The number of ether oxygens (including phenoxy) is 2. The second-order valence-corrected chi connectivity index (χ2v) is 5.38. The van der Waals surface area contributed by atoms with E-state index in [1.165, 1.54) is 5.56 Å². The Morgan fingerprint density at radius 2 is 1.48 bits per heavy atom. The van der Waals surface area contributed by atoms with E-state index in [9.17, 15) is 0 Å². The lowest BCUT2D eigenvalue weighted by atomic mass is 9.95. The van der Waals surface area contributed by atoms with Crippen LogP contribution in [0.4, 0.5) is 0 Å². The van der Waals surface area contributed by atoms with Gasteiger partial charge in [0.1, 0.15) is 0 Å². The molecule has 0 bridgehead atoms. The Bertz CT molecular complexity index is 591. The third-order valence-electron chi connectivity index (χ3n) is 3.73. The standard InChI is InChI=1S/C18H23NO2/c1-12(2)13-8-10-14(11-9-13)17(19)15-6-5-7-16(20-3)18(15)21-4/h5-12,17H,19H2,1-4H3. The molecule has 2 aromatic rings. The van der Waals surface area contributed by atoms with Gasteiger partial charge in [0.25, 0.3) is 0 Å². The summed E-state index contributed by atoms with van der Waals surface area (Å²) in [5, 5.41) is 0. The molecule has 0 amide bonds. The van der Waals surface area contributed by atoms with Gasteiger partial charge in [-0.1, -0.05) is 50.2 Å². The molecule has 0 aliphatic rings. The Morgan fingerprint density at radius 1 is 0.857 bits per heavy atom. The van der Waals surface area contributed by atoms with E-state index in [0.717, 1.165) is 11.1 Å². The van der Waals surface area contributed by atoms with Crippen LogP contribution < -0.4 is 15.2 Å². The summed E-state index contributed by atoms with van der Waals surface area (Å²) in [6, 6.07) is 14.0. The molecule has 1 atom stereocenters. The minimum Gasteiger partial charge on any atom is -0.493 e. The molecule has 2 N–H and O–H groups in total. The Labute approximate surface area is 126 Å². The maximum atomic E-state index is 6.41. The van der Waals surface area contributed by atoms with Gasteiger partial charge in [-0.05, 0) is 23.1 Å². The number of nitrogens with two attached hydrogens (primary N) is 1. The predicted octanol–water partition coefficient (Wildman–Crippen LogP) is 3.88. The molecule has 2 rings (SSSR count). The van der Waals surface area contributed by atoms with Gasteiger partial charge in [0, 0.05) is 5.56 Å². The Morgan fingerprint density at radius 3 is 2.00 bits per heavy atom. The minimum atomic E-state index is -0.240. The van der Waals surface area contributed by atoms with E-state index in [1.807, 2.05) is 18.2 Å². The van der Waals surface area contributed by atoms with Crippen molar-refractivity contribution in [3.05, 3.63) is 59.2 Å². The van der Waals surface area contributed by atoms with Crippen LogP contribution in [0, 0.1) is 0 Å². The van der Waals surface area contributed by atoms with Gasteiger partial charge >= 0.3 is 0 Å². The second-order valence-electron chi connectivity index (χ2n) is 5.38. The van der Waals surface area contributed by atoms with Crippen molar-refractivity contribution in [3.8, 4) is 11.5 Å². The van der Waals surface area contributed by atoms with Crippen LogP contribution in [-0.4, -0.2) is 14.2 Å². The molecule has 3 heteroatoms. The first kappa shape index (κ1) is 15.4. The van der Waals surface area contributed by atoms with Crippen LogP contribution in [-0.2, 0) is 0 Å². The third-order valence-corrected chi connectivity index (χ3v) is 3.73. The van der Waals surface area contributed by atoms with Crippen LogP contribution in [0.5, 0.6) is 11.5 Å². The monoisotopic (exact) mass is 285 g/mol. The number of methoxy groups -OCH3 is 2. The van der Waals surface area contributed by atoms with Gasteiger partial charge in [-0.3, -0.25) is 0 Å². The average Bonchev–Trinajstić information content (AvgIpc) is 2.53. The average molecular weight is 285 g/mol. The fourth-order valence-corrected chi connectivity index (χ4v) is 2.42. The first-order valence-corrected chi connectivity index (χ1v) is 7.14. The van der Waals surface area contributed by atoms with Gasteiger partial charge in [-0.25, -0.2) is 0 Å². The highest BCUT2D eigenvalue weighted by molar-refractivity contribution is 5.50. The zero-order valence-corrected chi connectivity index (χ0v) is 13.1. The van der Waals surface area contributed by atoms with Crippen molar-refractivity contribution < 1.29 is 9.47 Å². The molecule has 0 saturated heterocycles. The maximum absolute atomic E-state index is 6.41. The van der Waals surface area contributed by atoms with E-state index in [4.69, 9.17) is 15.2 Å². The molecule has 0 aliphatic carbocycles. The zero-order chi connectivity index (χ0) is 15.4. The molecule has 1 unspecified atom stereocenters. The molecular weight excluding hydrogens is 262 g/mol. The van der Waals surface area contributed by atoms with Gasteiger partial charge in [0.15, 0.2) is 11.5 Å². The first-order valence-electron chi connectivity index (χ1n) is 7.14. The highest BCUT2D eigenvalue weighted by Crippen LogP contribution is 2.36. The molecule has 0 heterocycles. The van der Waals surface area contributed by atoms with Crippen LogP contribution >= 0.6 is 0 Å². The highest BCUT2D eigenvalue weighted by Gasteiger charge is 2.17. The highest BCUT2D eigenvalue weighted by atomic mass is 16.5. The lowest BCUT2D eigenvalue weighted by Crippen LogP contribution is -2.13. The minimum absolute atomic E-state index is 0.240. The lowest BCUT2D eigenvalue weighted by molar-refractivity contribution is 0.350. The van der Waals surface area contributed by atoms with E-state index >= 15 is 0 Å². The second kappa shape index (κ2) is 6.64. The van der Waals surface area contributed by atoms with E-state index in [0.29, 0.717) is 17.4 Å². The summed E-state index contributed by atoms with van der Waals surface area (Å²) >= 11 is 0. The Hall–Kier alpha value is -2.00. The summed E-state index contributed by atoms with van der Waals surface area (Å²) < 4.78 is 10.8. The van der Waals surface area contributed by atoms with Crippen LogP contribution in [0.3, 0.4) is 0 Å². The molecular formula is C18H23NO2. The van der Waals surface area contributed by atoms with Crippen LogP contribution in [0.25, 0.3) is 0 Å². The Balaban J connectivity index is 2.37. The Kier molecular flexibility index (Phi) is 4.86. The molecule has 0 radical (unpaired) electrons. The molecule has 0 aliphatic heterocycles. The van der Waals surface area contributed by atoms with Crippen molar-refractivity contribution in [1.82, 2.24) is 0 Å². The summed E-state index contributed by atoms with van der Waals surface area (Å²) in [4.78, 5) is 0. The predicted molar refractivity (Wildman–Crippen MR) is 86.1 cm³/mol. The summed E-state index contributed by atoms with van der Waals surface area (Å²) in [5.74, 6) is 1.91. The van der Waals surface area contributed by atoms with E-state index in [2.05, 4.69) is 38.1 Å². The number of benzene rings is 2. The van der Waals surface area contributed by atoms with Crippen molar-refractivity contribution >= 4 is 0 Å². The topological polar surface area (TPSA) is 44.5 Å². The summed E-state index contributed by atoms with van der Waals surface area (Å²) in [5.41, 5.74) is 9.70. The van der Waals surface area contributed by atoms with Crippen molar-refractivity contribution in [2.24, 2.45) is 5.73 Å². The summed E-state index contributed by atoms with van der Waals surface area (Å²) in [7, 11) is 3.26. The van der Waals surface area contributed by atoms with Gasteiger partial charge < -0.3 is 15.2 Å². The van der Waals surface area contributed by atoms with E-state index in [-0.39, 0.29) is 6.04 Å². The zero-order valence-electron chi connectivity index (χ0n) is 13.1. The van der Waals surface area contributed by atoms with Crippen molar-refractivity contribution in [1.29, 1.82) is 0 Å². The number of hydrogen-bond acceptors (Lipinski definition) is 3. The first-order chi connectivity index (χ1) is 10.1. The molecule has 0 aromatic heterocycles. The lowest BCUT2D eigenvalue weighted by Gasteiger charge is -2.18. The summed E-state index contributed by atoms with van der Waals surface area (Å²) in [6.07, 6.45) is 0. The number of rotatable bonds is 5. The van der Waals surface area contributed by atoms with Gasteiger partial charge in [-0.15, -0.1) is 0 Å². The maximum Gasteiger partial charge on any atom is 0.165 e.